The van der Waals surface area contributed by atoms with Crippen molar-refractivity contribution in [1.29, 1.82) is 0 Å². The number of aliphatic hydroxyl groups is 1. The van der Waals surface area contributed by atoms with Crippen molar-refractivity contribution in [2.45, 2.75) is 45.8 Å². The molecule has 0 aromatic carbocycles. The lowest BCUT2D eigenvalue weighted by molar-refractivity contribution is 0.170. The van der Waals surface area contributed by atoms with Gasteiger partial charge in [0.1, 0.15) is 12.2 Å². The summed E-state index contributed by atoms with van der Waals surface area (Å²) in [5, 5.41) is 17.2. The van der Waals surface area contributed by atoms with Crippen molar-refractivity contribution in [3.63, 3.8) is 0 Å². The van der Waals surface area contributed by atoms with Gasteiger partial charge in [-0.3, -0.25) is 0 Å². The Bertz CT molecular complexity index is 506. The minimum Gasteiger partial charge on any atom is -0.392 e. The summed E-state index contributed by atoms with van der Waals surface area (Å²) < 4.78 is 1.84. The molecule has 0 aliphatic carbocycles. The van der Waals surface area contributed by atoms with Crippen LogP contribution >= 0.6 is 11.3 Å². The molecule has 2 heterocycles. The number of nitrogens with zero attached hydrogens (tertiary/aromatic N) is 4. The molecule has 2 aromatic rings. The van der Waals surface area contributed by atoms with E-state index in [-0.39, 0.29) is 6.04 Å². The van der Waals surface area contributed by atoms with Crippen LogP contribution in [0, 0.1) is 6.92 Å². The average Bonchev–Trinajstić information content (AvgIpc) is 2.87. The van der Waals surface area contributed by atoms with E-state index in [0.717, 1.165) is 16.5 Å². The summed E-state index contributed by atoms with van der Waals surface area (Å²) in [6, 6.07) is 0.261. The van der Waals surface area contributed by atoms with Crippen LogP contribution in [0.1, 0.15) is 36.4 Å². The molecule has 0 aliphatic rings. The van der Waals surface area contributed by atoms with Gasteiger partial charge in [-0.2, -0.15) is 5.10 Å². The fourth-order valence-corrected chi connectivity index (χ4v) is 2.68. The molecule has 1 atom stereocenters. The maximum atomic E-state index is 10.1. The highest BCUT2D eigenvalue weighted by Crippen LogP contribution is 2.14. The molecule has 0 bridgehead atoms. The largest absolute Gasteiger partial charge is 0.392 e. The molecule has 0 spiro atoms. The molecule has 0 amide bonds. The van der Waals surface area contributed by atoms with Crippen molar-refractivity contribution in [1.82, 2.24) is 19.7 Å². The van der Waals surface area contributed by atoms with Gasteiger partial charge >= 0.3 is 0 Å². The number of rotatable bonds is 5. The van der Waals surface area contributed by atoms with Gasteiger partial charge in [0, 0.05) is 30.0 Å². The molecule has 98 valence electrons. The first-order valence-electron chi connectivity index (χ1n) is 6.03. The fraction of sp³-hybridized carbons (Fsp3) is 0.583. The zero-order valence-corrected chi connectivity index (χ0v) is 11.7. The standard InChI is InChI=1S/C12H18N4OS/c1-8(2)16-11(13-7-14-16)4-10(17)5-12-15-9(3)6-18-12/h6-8,10,17H,4-5H2,1-3H3. The monoisotopic (exact) mass is 266 g/mol. The van der Waals surface area contributed by atoms with Gasteiger partial charge in [-0.15, -0.1) is 11.3 Å². The summed E-state index contributed by atoms with van der Waals surface area (Å²) in [5.41, 5.74) is 1.01. The van der Waals surface area contributed by atoms with E-state index in [2.05, 4.69) is 28.9 Å². The summed E-state index contributed by atoms with van der Waals surface area (Å²) in [4.78, 5) is 8.55. The Morgan fingerprint density at radius 2 is 2.17 bits per heavy atom. The molecule has 1 unspecified atom stereocenters. The summed E-state index contributed by atoms with van der Waals surface area (Å²) in [5.74, 6) is 0.825. The summed E-state index contributed by atoms with van der Waals surface area (Å²) in [6.45, 7) is 6.06. The predicted molar refractivity (Wildman–Crippen MR) is 70.7 cm³/mol. The first-order valence-corrected chi connectivity index (χ1v) is 6.91. The molecule has 1 N–H and O–H groups in total. The predicted octanol–water partition coefficient (Wildman–Crippen LogP) is 1.77. The van der Waals surface area contributed by atoms with Crippen molar-refractivity contribution >= 4 is 11.3 Å². The van der Waals surface area contributed by atoms with Gasteiger partial charge in [-0.05, 0) is 20.8 Å². The molecule has 2 rings (SSSR count). The number of hydrogen-bond acceptors (Lipinski definition) is 5. The Labute approximate surface area is 111 Å². The topological polar surface area (TPSA) is 63.8 Å². The summed E-state index contributed by atoms with van der Waals surface area (Å²) in [6.07, 6.45) is 2.16. The number of aryl methyl sites for hydroxylation is 1. The van der Waals surface area contributed by atoms with Gasteiger partial charge in [0.15, 0.2) is 0 Å². The van der Waals surface area contributed by atoms with Crippen LogP contribution in [-0.4, -0.2) is 31.0 Å². The second-order valence-electron chi connectivity index (χ2n) is 4.66. The molecule has 6 heteroatoms. The van der Waals surface area contributed by atoms with E-state index in [1.54, 1.807) is 11.3 Å². The molecule has 2 aromatic heterocycles. The maximum absolute atomic E-state index is 10.1. The minimum atomic E-state index is -0.461. The van der Waals surface area contributed by atoms with E-state index in [1.165, 1.54) is 6.33 Å². The molecule has 0 saturated heterocycles. The molecule has 0 radical (unpaired) electrons. The molecular weight excluding hydrogens is 248 g/mol. The van der Waals surface area contributed by atoms with Gasteiger partial charge in [0.05, 0.1) is 11.1 Å². The van der Waals surface area contributed by atoms with Crippen LogP contribution in [0.2, 0.25) is 0 Å². The highest BCUT2D eigenvalue weighted by Gasteiger charge is 2.14. The van der Waals surface area contributed by atoms with Crippen LogP contribution in [-0.2, 0) is 12.8 Å². The average molecular weight is 266 g/mol. The zero-order valence-electron chi connectivity index (χ0n) is 10.9. The van der Waals surface area contributed by atoms with Gasteiger partial charge in [0.25, 0.3) is 0 Å². The third kappa shape index (κ3) is 3.14. The summed E-state index contributed by atoms with van der Waals surface area (Å²) >= 11 is 1.59. The Balaban J connectivity index is 1.98. The third-order valence-corrected chi connectivity index (χ3v) is 3.62. The number of thiazole rings is 1. The van der Waals surface area contributed by atoms with E-state index in [0.29, 0.717) is 12.8 Å². The Morgan fingerprint density at radius 3 is 2.78 bits per heavy atom. The lowest BCUT2D eigenvalue weighted by Gasteiger charge is -2.12. The van der Waals surface area contributed by atoms with Crippen molar-refractivity contribution < 1.29 is 5.11 Å². The van der Waals surface area contributed by atoms with Gasteiger partial charge < -0.3 is 5.11 Å². The summed E-state index contributed by atoms with van der Waals surface area (Å²) in [7, 11) is 0. The Morgan fingerprint density at radius 1 is 1.39 bits per heavy atom. The van der Waals surface area contributed by atoms with E-state index in [1.807, 2.05) is 17.0 Å². The Kier molecular flexibility index (Phi) is 4.08. The first kappa shape index (κ1) is 13.2. The van der Waals surface area contributed by atoms with Gasteiger partial charge in [-0.25, -0.2) is 14.6 Å². The molecule has 0 fully saturated rings. The SMILES string of the molecule is Cc1csc(CC(O)Cc2ncnn2C(C)C)n1. The number of hydrogen-bond donors (Lipinski definition) is 1. The maximum Gasteiger partial charge on any atom is 0.138 e. The van der Waals surface area contributed by atoms with Crippen molar-refractivity contribution in [2.75, 3.05) is 0 Å². The minimum absolute atomic E-state index is 0.261. The quantitative estimate of drug-likeness (QED) is 0.896. The van der Waals surface area contributed by atoms with Crippen molar-refractivity contribution in [3.8, 4) is 0 Å². The second-order valence-corrected chi connectivity index (χ2v) is 5.60. The smallest absolute Gasteiger partial charge is 0.138 e. The molecular formula is C12H18N4OS. The van der Waals surface area contributed by atoms with Crippen molar-refractivity contribution in [2.24, 2.45) is 0 Å². The van der Waals surface area contributed by atoms with Gasteiger partial charge in [0.2, 0.25) is 0 Å². The second kappa shape index (κ2) is 5.58. The highest BCUT2D eigenvalue weighted by molar-refractivity contribution is 7.09. The van der Waals surface area contributed by atoms with Crippen LogP contribution < -0.4 is 0 Å². The normalized spacial score (nSPS) is 13.2. The van der Waals surface area contributed by atoms with E-state index in [4.69, 9.17) is 0 Å². The van der Waals surface area contributed by atoms with E-state index in [9.17, 15) is 5.11 Å². The van der Waals surface area contributed by atoms with Crippen LogP contribution in [0.25, 0.3) is 0 Å². The Hall–Kier alpha value is -1.27. The highest BCUT2D eigenvalue weighted by atomic mass is 32.1. The van der Waals surface area contributed by atoms with Crippen molar-refractivity contribution in [3.05, 3.63) is 28.2 Å². The molecule has 0 saturated carbocycles. The molecule has 0 aliphatic heterocycles. The van der Waals surface area contributed by atoms with Crippen LogP contribution in [0.15, 0.2) is 11.7 Å². The van der Waals surface area contributed by atoms with E-state index >= 15 is 0 Å². The zero-order chi connectivity index (χ0) is 13.1. The third-order valence-electron chi connectivity index (χ3n) is 2.63. The van der Waals surface area contributed by atoms with Crippen LogP contribution in [0.3, 0.4) is 0 Å². The van der Waals surface area contributed by atoms with Crippen LogP contribution in [0.5, 0.6) is 0 Å². The molecule has 18 heavy (non-hydrogen) atoms. The van der Waals surface area contributed by atoms with Gasteiger partial charge in [-0.1, -0.05) is 0 Å². The van der Waals surface area contributed by atoms with Crippen LogP contribution in [0.4, 0.5) is 0 Å². The molecule has 5 nitrogen and oxygen atoms in total. The lowest BCUT2D eigenvalue weighted by atomic mass is 10.2. The lowest BCUT2D eigenvalue weighted by Crippen LogP contribution is -2.18. The number of aromatic nitrogens is 4. The fourth-order valence-electron chi connectivity index (χ4n) is 1.83. The number of aliphatic hydroxyl groups excluding tert-OH is 1. The first-order chi connectivity index (χ1) is 8.56. The van der Waals surface area contributed by atoms with E-state index < -0.39 is 6.10 Å².